The molecule has 0 spiro atoms. The molecule has 1 heterocycles. The number of hydrogen-bond donors (Lipinski definition) is 2. The molecule has 0 aromatic heterocycles. The second-order valence-corrected chi connectivity index (χ2v) is 7.57. The van der Waals surface area contributed by atoms with E-state index in [0.29, 0.717) is 25.1 Å². The Kier molecular flexibility index (Phi) is 7.50. The molecule has 0 aliphatic carbocycles. The van der Waals surface area contributed by atoms with E-state index in [1.54, 1.807) is 13.2 Å². The van der Waals surface area contributed by atoms with Crippen molar-refractivity contribution in [3.05, 3.63) is 48.1 Å². The smallest absolute Gasteiger partial charge is 0.162 e. The molecule has 0 fully saturated rings. The Balaban J connectivity index is 2.15. The number of aliphatic hydroxyl groups is 1. The molecule has 3 atom stereocenters. The zero-order chi connectivity index (χ0) is 20.0. The summed E-state index contributed by atoms with van der Waals surface area (Å²) < 4.78 is 33.1. The van der Waals surface area contributed by atoms with Crippen molar-refractivity contribution < 1.29 is 18.6 Å². The molecule has 0 bridgehead atoms. The Bertz CT molecular complexity index is 676. The minimum Gasteiger partial charge on any atom is -0.388 e. The number of ether oxygens (including phenoxy) is 1. The maximum absolute atomic E-state index is 14.2. The molecule has 6 heteroatoms. The third kappa shape index (κ3) is 5.36. The summed E-state index contributed by atoms with van der Waals surface area (Å²) in [6.07, 6.45) is 3.34. The fraction of sp³-hybridized carbons (Fsp3) is 0.571. The number of halogens is 2. The largest absolute Gasteiger partial charge is 0.388 e. The summed E-state index contributed by atoms with van der Waals surface area (Å²) in [7, 11) is 1.56. The molecular formula is C21H30F2N2O2. The molecule has 0 saturated heterocycles. The van der Waals surface area contributed by atoms with Crippen molar-refractivity contribution in [2.24, 2.45) is 10.9 Å². The summed E-state index contributed by atoms with van der Waals surface area (Å²) in [5.41, 5.74) is -0.308. The van der Waals surface area contributed by atoms with Crippen LogP contribution < -0.4 is 5.32 Å². The lowest BCUT2D eigenvalue weighted by Crippen LogP contribution is -2.47. The average Bonchev–Trinajstić information content (AvgIpc) is 2.85. The van der Waals surface area contributed by atoms with Crippen LogP contribution in [0.4, 0.5) is 8.78 Å². The first kappa shape index (κ1) is 21.5. The number of nitrogens with one attached hydrogen (secondary N) is 1. The van der Waals surface area contributed by atoms with Crippen molar-refractivity contribution in [1.29, 1.82) is 0 Å². The highest BCUT2D eigenvalue weighted by Crippen LogP contribution is 2.31. The molecule has 27 heavy (non-hydrogen) atoms. The van der Waals surface area contributed by atoms with E-state index < -0.39 is 23.3 Å². The number of aliphatic hydroxyl groups excluding tert-OH is 1. The van der Waals surface area contributed by atoms with Gasteiger partial charge in [-0.1, -0.05) is 18.2 Å². The molecule has 1 aliphatic heterocycles. The van der Waals surface area contributed by atoms with E-state index in [9.17, 15) is 13.9 Å². The van der Waals surface area contributed by atoms with E-state index in [1.807, 2.05) is 19.9 Å². The maximum atomic E-state index is 14.2. The fourth-order valence-electron chi connectivity index (χ4n) is 3.27. The van der Waals surface area contributed by atoms with Gasteiger partial charge in [-0.3, -0.25) is 4.99 Å². The molecule has 1 aromatic rings. The highest BCUT2D eigenvalue weighted by atomic mass is 19.2. The zero-order valence-corrected chi connectivity index (χ0v) is 16.3. The van der Waals surface area contributed by atoms with Crippen LogP contribution in [0.25, 0.3) is 0 Å². The van der Waals surface area contributed by atoms with Gasteiger partial charge < -0.3 is 15.2 Å². The number of nitrogens with zero attached hydrogens (tertiary/aromatic N) is 1. The van der Waals surface area contributed by atoms with Gasteiger partial charge in [-0.15, -0.1) is 6.58 Å². The van der Waals surface area contributed by atoms with Crippen LogP contribution in [-0.4, -0.2) is 42.8 Å². The van der Waals surface area contributed by atoms with E-state index in [2.05, 4.69) is 16.9 Å². The number of methoxy groups -OCH3 is 1. The lowest BCUT2D eigenvalue weighted by atomic mass is 9.89. The van der Waals surface area contributed by atoms with Gasteiger partial charge in [-0.2, -0.15) is 0 Å². The normalized spacial score (nSPS) is 21.9. The van der Waals surface area contributed by atoms with Crippen molar-refractivity contribution in [3.63, 3.8) is 0 Å². The van der Waals surface area contributed by atoms with Crippen molar-refractivity contribution in [3.8, 4) is 0 Å². The monoisotopic (exact) mass is 380 g/mol. The summed E-state index contributed by atoms with van der Waals surface area (Å²) in [6.45, 7) is 8.12. The number of amidine groups is 1. The van der Waals surface area contributed by atoms with Crippen molar-refractivity contribution >= 4 is 5.84 Å². The van der Waals surface area contributed by atoms with Gasteiger partial charge in [0.2, 0.25) is 0 Å². The van der Waals surface area contributed by atoms with Gasteiger partial charge in [0.15, 0.2) is 11.6 Å². The first-order valence-corrected chi connectivity index (χ1v) is 9.36. The maximum Gasteiger partial charge on any atom is 0.162 e. The molecule has 1 unspecified atom stereocenters. The minimum atomic E-state index is -0.827. The number of rotatable bonds is 7. The molecule has 150 valence electrons. The topological polar surface area (TPSA) is 53.9 Å². The van der Waals surface area contributed by atoms with Crippen LogP contribution in [0.1, 0.15) is 44.6 Å². The van der Waals surface area contributed by atoms with Crippen LogP contribution in [0.5, 0.6) is 0 Å². The van der Waals surface area contributed by atoms with Crippen LogP contribution in [-0.2, 0) is 4.74 Å². The molecule has 0 saturated carbocycles. The Morgan fingerprint density at radius 1 is 1.41 bits per heavy atom. The number of benzene rings is 1. The van der Waals surface area contributed by atoms with E-state index in [1.165, 1.54) is 6.07 Å². The SMILES string of the molecule is C=CC[C@@H]1CC[C@@H](c2cccc(F)c2F)CN=C1NCC(O)C(C)(C)OC. The lowest BCUT2D eigenvalue weighted by Gasteiger charge is -2.30. The molecule has 2 N–H and O–H groups in total. The average molecular weight is 380 g/mol. The first-order chi connectivity index (χ1) is 12.8. The van der Waals surface area contributed by atoms with Crippen LogP contribution >= 0.6 is 0 Å². The first-order valence-electron chi connectivity index (χ1n) is 9.36. The van der Waals surface area contributed by atoms with Crippen LogP contribution in [0.3, 0.4) is 0 Å². The fourth-order valence-corrected chi connectivity index (χ4v) is 3.27. The molecule has 0 radical (unpaired) electrons. The van der Waals surface area contributed by atoms with Crippen molar-refractivity contribution in [2.45, 2.75) is 50.7 Å². The summed E-state index contributed by atoms with van der Waals surface area (Å²) in [5.74, 6) is -0.895. The van der Waals surface area contributed by atoms with E-state index in [-0.39, 0.29) is 11.8 Å². The van der Waals surface area contributed by atoms with Crippen LogP contribution in [0, 0.1) is 17.6 Å². The predicted molar refractivity (Wildman–Crippen MR) is 104 cm³/mol. The standard InChI is InChI=1S/C21H30F2N2O2/c1-5-7-14-10-11-15(16-8-6-9-17(22)19(16)23)12-24-20(14)25-13-18(26)21(2,3)27-4/h5-6,8-9,14-15,18,26H,1,7,10-13H2,2-4H3,(H,24,25)/t14-,15-,18?/m1/s1. The Labute approximate surface area is 160 Å². The Morgan fingerprint density at radius 3 is 2.81 bits per heavy atom. The predicted octanol–water partition coefficient (Wildman–Crippen LogP) is 3.81. The van der Waals surface area contributed by atoms with Crippen molar-refractivity contribution in [2.75, 3.05) is 20.2 Å². The van der Waals surface area contributed by atoms with Gasteiger partial charge in [-0.05, 0) is 44.7 Å². The zero-order valence-electron chi connectivity index (χ0n) is 16.3. The summed E-state index contributed by atoms with van der Waals surface area (Å²) >= 11 is 0. The molecule has 0 amide bonds. The van der Waals surface area contributed by atoms with Crippen LogP contribution in [0.15, 0.2) is 35.8 Å². The van der Waals surface area contributed by atoms with Gasteiger partial charge in [0.1, 0.15) is 0 Å². The van der Waals surface area contributed by atoms with Crippen LogP contribution in [0.2, 0.25) is 0 Å². The molecule has 4 nitrogen and oxygen atoms in total. The highest BCUT2D eigenvalue weighted by Gasteiger charge is 2.29. The molecule has 1 aliphatic rings. The number of hydrogen-bond acceptors (Lipinski definition) is 4. The second-order valence-electron chi connectivity index (χ2n) is 7.57. The third-order valence-electron chi connectivity index (χ3n) is 5.41. The van der Waals surface area contributed by atoms with Gasteiger partial charge >= 0.3 is 0 Å². The molecule has 2 rings (SSSR count). The minimum absolute atomic E-state index is 0.113. The lowest BCUT2D eigenvalue weighted by molar-refractivity contribution is -0.0742. The van der Waals surface area contributed by atoms with E-state index in [0.717, 1.165) is 24.7 Å². The molecule has 1 aromatic carbocycles. The second kappa shape index (κ2) is 9.42. The van der Waals surface area contributed by atoms with E-state index >= 15 is 0 Å². The molecular weight excluding hydrogens is 350 g/mol. The van der Waals surface area contributed by atoms with Gasteiger partial charge in [0.25, 0.3) is 0 Å². The number of allylic oxidation sites excluding steroid dienone is 1. The van der Waals surface area contributed by atoms with Gasteiger partial charge in [0.05, 0.1) is 17.5 Å². The van der Waals surface area contributed by atoms with E-state index in [4.69, 9.17) is 4.74 Å². The van der Waals surface area contributed by atoms with Gasteiger partial charge in [0, 0.05) is 32.0 Å². The highest BCUT2D eigenvalue weighted by molar-refractivity contribution is 5.85. The quantitative estimate of drug-likeness (QED) is 0.708. The summed E-state index contributed by atoms with van der Waals surface area (Å²) in [4.78, 5) is 4.65. The Morgan fingerprint density at radius 2 is 2.15 bits per heavy atom. The third-order valence-corrected chi connectivity index (χ3v) is 5.41. The van der Waals surface area contributed by atoms with Crippen molar-refractivity contribution in [1.82, 2.24) is 5.32 Å². The summed E-state index contributed by atoms with van der Waals surface area (Å²) in [6, 6.07) is 4.29. The summed E-state index contributed by atoms with van der Waals surface area (Å²) in [5, 5.41) is 13.6. The Hall–Kier alpha value is -1.79. The van der Waals surface area contributed by atoms with Gasteiger partial charge in [-0.25, -0.2) is 8.78 Å². The number of aliphatic imine (C=N–C) groups is 1.